The van der Waals surface area contributed by atoms with Crippen molar-refractivity contribution in [3.8, 4) is 0 Å². The first-order valence-corrected chi connectivity index (χ1v) is 12.2. The van der Waals surface area contributed by atoms with Gasteiger partial charge < -0.3 is 9.80 Å². The molecule has 0 unspecified atom stereocenters. The number of nitrogens with zero attached hydrogens (tertiary/aromatic N) is 6. The van der Waals surface area contributed by atoms with Gasteiger partial charge in [-0.2, -0.15) is 0 Å². The van der Waals surface area contributed by atoms with Crippen LogP contribution < -0.4 is 9.80 Å². The Morgan fingerprint density at radius 2 is 1.77 bits per heavy atom. The maximum Gasteiger partial charge on any atom is 0.280 e. The fourth-order valence-corrected chi connectivity index (χ4v) is 4.92. The summed E-state index contributed by atoms with van der Waals surface area (Å²) in [6.45, 7) is 2.81. The number of anilines is 2. The minimum absolute atomic E-state index is 0. The predicted octanol–water partition coefficient (Wildman–Crippen LogP) is 5.18. The first-order valence-electron chi connectivity index (χ1n) is 11.4. The summed E-state index contributed by atoms with van der Waals surface area (Å²) < 4.78 is 15.2. The quantitative estimate of drug-likeness (QED) is 0.341. The number of hydrogen-bond acceptors (Lipinski definition) is 6. The smallest absolute Gasteiger partial charge is 0.280 e. The zero-order valence-electron chi connectivity index (χ0n) is 19.1. The molecule has 4 aromatic rings. The summed E-state index contributed by atoms with van der Waals surface area (Å²) in [5.41, 5.74) is 2.66. The van der Waals surface area contributed by atoms with Crippen LogP contribution in [-0.4, -0.2) is 39.0 Å². The van der Waals surface area contributed by atoms with E-state index < -0.39 is 0 Å². The van der Waals surface area contributed by atoms with E-state index in [1.54, 1.807) is 39.2 Å². The molecule has 1 amide bonds. The number of carbonyl (C=O) groups excluding carboxylic acids is 1. The Morgan fingerprint density at radius 3 is 2.51 bits per heavy atom. The van der Waals surface area contributed by atoms with E-state index in [0.717, 1.165) is 29.5 Å². The Morgan fingerprint density at radius 1 is 1.03 bits per heavy atom. The third-order valence-electron chi connectivity index (χ3n) is 5.81. The van der Waals surface area contributed by atoms with Crippen LogP contribution in [0.2, 0.25) is 0 Å². The summed E-state index contributed by atoms with van der Waals surface area (Å²) in [5, 5.41) is 11.2. The van der Waals surface area contributed by atoms with Gasteiger partial charge >= 0.3 is 0 Å². The van der Waals surface area contributed by atoms with Crippen LogP contribution in [0.15, 0.2) is 66.2 Å². The van der Waals surface area contributed by atoms with Crippen molar-refractivity contribution in [1.82, 2.24) is 20.0 Å². The molecular formula is C25H26ClFN6OS. The molecule has 0 spiro atoms. The molecule has 7 nitrogen and oxygen atoms in total. The van der Waals surface area contributed by atoms with Crippen LogP contribution >= 0.6 is 23.7 Å². The maximum absolute atomic E-state index is 13.6. The summed E-state index contributed by atoms with van der Waals surface area (Å²) in [6.07, 6.45) is 5.25. The summed E-state index contributed by atoms with van der Waals surface area (Å²) in [4.78, 5) is 22.2. The molecule has 1 saturated heterocycles. The van der Waals surface area contributed by atoms with Gasteiger partial charge in [-0.1, -0.05) is 35.5 Å². The normalized spacial score (nSPS) is 13.3. The molecule has 0 bridgehead atoms. The molecule has 35 heavy (non-hydrogen) atoms. The standard InChI is InChI=1S/C25H25FN6OS.ClH/c26-20-9-11-22(12-10-20)32(16-21-18-34-25(27-21)30-13-5-2-6-14-30)24(33)23-17-31(29-28-23)15-19-7-3-1-4-8-19;/h1,3-4,7-12,17-18H,2,5-6,13-16H2;1H. The van der Waals surface area contributed by atoms with Crippen molar-refractivity contribution < 1.29 is 9.18 Å². The highest BCUT2D eigenvalue weighted by molar-refractivity contribution is 7.13. The number of halogens is 2. The Labute approximate surface area is 213 Å². The van der Waals surface area contributed by atoms with Crippen molar-refractivity contribution in [2.75, 3.05) is 22.9 Å². The van der Waals surface area contributed by atoms with Crippen LogP contribution in [0, 0.1) is 5.82 Å². The number of carbonyl (C=O) groups is 1. The molecule has 10 heteroatoms. The lowest BCUT2D eigenvalue weighted by molar-refractivity contribution is 0.0980. The first kappa shape index (κ1) is 24.8. The Bertz CT molecular complexity index is 1240. The molecule has 0 N–H and O–H groups in total. The Kier molecular flexibility index (Phi) is 8.09. The zero-order valence-corrected chi connectivity index (χ0v) is 20.7. The van der Waals surface area contributed by atoms with Gasteiger partial charge in [-0.15, -0.1) is 28.8 Å². The average molecular weight is 513 g/mol. The van der Waals surface area contributed by atoms with Gasteiger partial charge in [-0.05, 0) is 49.1 Å². The highest BCUT2D eigenvalue weighted by atomic mass is 35.5. The second kappa shape index (κ2) is 11.4. The van der Waals surface area contributed by atoms with E-state index in [9.17, 15) is 9.18 Å². The summed E-state index contributed by atoms with van der Waals surface area (Å²) >= 11 is 1.59. The Balaban J connectivity index is 0.00000289. The molecule has 182 valence electrons. The lowest BCUT2D eigenvalue weighted by Crippen LogP contribution is -2.31. The maximum atomic E-state index is 13.6. The van der Waals surface area contributed by atoms with E-state index in [0.29, 0.717) is 12.2 Å². The third-order valence-corrected chi connectivity index (χ3v) is 6.77. The highest BCUT2D eigenvalue weighted by Gasteiger charge is 2.23. The molecule has 0 radical (unpaired) electrons. The number of thiazole rings is 1. The molecule has 2 aromatic heterocycles. The first-order chi connectivity index (χ1) is 16.7. The SMILES string of the molecule is Cl.O=C(c1cn(Cc2ccccc2)nn1)N(Cc1csc(N2CCCCC2)n1)c1ccc(F)cc1. The summed E-state index contributed by atoms with van der Waals surface area (Å²) in [6, 6.07) is 15.8. The topological polar surface area (TPSA) is 67.2 Å². The van der Waals surface area contributed by atoms with E-state index in [2.05, 4.69) is 15.2 Å². The summed E-state index contributed by atoms with van der Waals surface area (Å²) in [5.74, 6) is -0.663. The molecule has 1 fully saturated rings. The number of rotatable bonds is 7. The van der Waals surface area contributed by atoms with Gasteiger partial charge in [0.15, 0.2) is 10.8 Å². The number of hydrogen-bond donors (Lipinski definition) is 0. The lowest BCUT2D eigenvalue weighted by atomic mass is 10.1. The van der Waals surface area contributed by atoms with Crippen LogP contribution in [0.5, 0.6) is 0 Å². The minimum atomic E-state index is -0.356. The predicted molar refractivity (Wildman–Crippen MR) is 138 cm³/mol. The third kappa shape index (κ3) is 6.04. The van der Waals surface area contributed by atoms with Gasteiger partial charge in [0.2, 0.25) is 0 Å². The lowest BCUT2D eigenvalue weighted by Gasteiger charge is -2.26. The molecule has 0 aliphatic carbocycles. The van der Waals surface area contributed by atoms with E-state index in [4.69, 9.17) is 4.98 Å². The van der Waals surface area contributed by atoms with Gasteiger partial charge in [0.25, 0.3) is 5.91 Å². The van der Waals surface area contributed by atoms with E-state index in [1.165, 1.54) is 31.4 Å². The minimum Gasteiger partial charge on any atom is -0.348 e. The van der Waals surface area contributed by atoms with E-state index in [-0.39, 0.29) is 36.4 Å². The second-order valence-corrected chi connectivity index (χ2v) is 9.16. The van der Waals surface area contributed by atoms with Gasteiger partial charge in [0.1, 0.15) is 5.82 Å². The molecule has 5 rings (SSSR count). The van der Waals surface area contributed by atoms with Crippen LogP contribution in [-0.2, 0) is 13.1 Å². The van der Waals surface area contributed by atoms with Crippen molar-refractivity contribution in [2.24, 2.45) is 0 Å². The van der Waals surface area contributed by atoms with Crippen LogP contribution in [0.1, 0.15) is 41.0 Å². The van der Waals surface area contributed by atoms with Gasteiger partial charge in [-0.3, -0.25) is 4.79 Å². The van der Waals surface area contributed by atoms with Crippen molar-refractivity contribution in [2.45, 2.75) is 32.4 Å². The van der Waals surface area contributed by atoms with Crippen molar-refractivity contribution in [3.63, 3.8) is 0 Å². The molecule has 0 saturated carbocycles. The molecule has 1 aliphatic rings. The number of amides is 1. The molecule has 2 aromatic carbocycles. The molecule has 1 aliphatic heterocycles. The van der Waals surface area contributed by atoms with Crippen molar-refractivity contribution >= 4 is 40.5 Å². The Hall–Kier alpha value is -3.30. The number of benzene rings is 2. The van der Waals surface area contributed by atoms with Gasteiger partial charge in [0, 0.05) is 24.2 Å². The fraction of sp³-hybridized carbons (Fsp3) is 0.280. The van der Waals surface area contributed by atoms with Crippen molar-refractivity contribution in [3.05, 3.63) is 88.9 Å². The largest absolute Gasteiger partial charge is 0.348 e. The van der Waals surface area contributed by atoms with Crippen LogP contribution in [0.3, 0.4) is 0 Å². The van der Waals surface area contributed by atoms with Gasteiger partial charge in [-0.25, -0.2) is 14.1 Å². The zero-order chi connectivity index (χ0) is 23.3. The second-order valence-electron chi connectivity index (χ2n) is 8.32. The number of aromatic nitrogens is 4. The van der Waals surface area contributed by atoms with Crippen LogP contribution in [0.25, 0.3) is 0 Å². The van der Waals surface area contributed by atoms with Crippen molar-refractivity contribution in [1.29, 1.82) is 0 Å². The highest BCUT2D eigenvalue weighted by Crippen LogP contribution is 2.26. The van der Waals surface area contributed by atoms with Gasteiger partial charge in [0.05, 0.1) is 25.0 Å². The molecule has 3 heterocycles. The monoisotopic (exact) mass is 512 g/mol. The van der Waals surface area contributed by atoms with Crippen LogP contribution in [0.4, 0.5) is 15.2 Å². The fourth-order valence-electron chi connectivity index (χ4n) is 4.05. The molecular weight excluding hydrogens is 487 g/mol. The van der Waals surface area contributed by atoms with E-state index in [1.807, 2.05) is 35.7 Å². The molecule has 0 atom stereocenters. The summed E-state index contributed by atoms with van der Waals surface area (Å²) in [7, 11) is 0. The average Bonchev–Trinajstić information content (AvgIpc) is 3.54. The number of piperidine rings is 1. The van der Waals surface area contributed by atoms with E-state index >= 15 is 0 Å².